The zero-order valence-electron chi connectivity index (χ0n) is 15.2. The average Bonchev–Trinajstić information content (AvgIpc) is 2.88. The summed E-state index contributed by atoms with van der Waals surface area (Å²) in [5.41, 5.74) is 3.55. The van der Waals surface area contributed by atoms with Crippen LogP contribution in [0.1, 0.15) is 53.5 Å². The van der Waals surface area contributed by atoms with E-state index < -0.39 is 0 Å². The number of ether oxygens (including phenoxy) is 2. The summed E-state index contributed by atoms with van der Waals surface area (Å²) in [5, 5.41) is 4.46. The van der Waals surface area contributed by atoms with Crippen LogP contribution in [0.5, 0.6) is 11.5 Å². The van der Waals surface area contributed by atoms with Crippen molar-refractivity contribution in [2.45, 2.75) is 46.5 Å². The predicted octanol–water partition coefficient (Wildman–Crippen LogP) is 3.94. The number of nitrogens with zero attached hydrogens (tertiary/aromatic N) is 2. The fourth-order valence-corrected chi connectivity index (χ4v) is 2.88. The van der Waals surface area contributed by atoms with Gasteiger partial charge in [-0.25, -0.2) is 4.68 Å². The molecule has 1 aromatic heterocycles. The molecule has 24 heavy (non-hydrogen) atoms. The minimum atomic E-state index is -0.154. The smallest absolute Gasteiger partial charge is 0.278 e. The lowest BCUT2D eigenvalue weighted by molar-refractivity contribution is 0.0942. The van der Waals surface area contributed by atoms with E-state index in [0.717, 1.165) is 24.2 Å². The number of rotatable bonds is 7. The zero-order chi connectivity index (χ0) is 17.7. The summed E-state index contributed by atoms with van der Waals surface area (Å²) in [5.74, 6) is 0.981. The summed E-state index contributed by atoms with van der Waals surface area (Å²) in [6.45, 7) is 6.11. The zero-order valence-corrected chi connectivity index (χ0v) is 15.2. The lowest BCUT2D eigenvalue weighted by Crippen LogP contribution is -2.15. The third-order valence-electron chi connectivity index (χ3n) is 4.29. The van der Waals surface area contributed by atoms with E-state index in [4.69, 9.17) is 9.47 Å². The molecule has 0 bridgehead atoms. The van der Waals surface area contributed by atoms with Crippen LogP contribution < -0.4 is 9.47 Å². The van der Waals surface area contributed by atoms with Crippen molar-refractivity contribution in [3.05, 3.63) is 40.7 Å². The van der Waals surface area contributed by atoms with Crippen LogP contribution in [-0.2, 0) is 6.42 Å². The quantitative estimate of drug-likeness (QED) is 0.722. The molecule has 0 aliphatic heterocycles. The maximum atomic E-state index is 12.8. The van der Waals surface area contributed by atoms with Crippen LogP contribution in [0, 0.1) is 13.8 Å². The first-order valence-corrected chi connectivity index (χ1v) is 8.35. The molecule has 5 heteroatoms. The summed E-state index contributed by atoms with van der Waals surface area (Å²) in [6.07, 6.45) is 4.45. The highest BCUT2D eigenvalue weighted by molar-refractivity contribution is 5.96. The van der Waals surface area contributed by atoms with E-state index >= 15 is 0 Å². The first kappa shape index (κ1) is 18.0. The summed E-state index contributed by atoms with van der Waals surface area (Å²) >= 11 is 0. The molecule has 0 amide bonds. The Hall–Kier alpha value is -2.30. The molecular formula is C19H26N2O3. The Morgan fingerprint density at radius 3 is 2.46 bits per heavy atom. The fourth-order valence-electron chi connectivity index (χ4n) is 2.88. The van der Waals surface area contributed by atoms with Gasteiger partial charge in [0, 0.05) is 11.3 Å². The van der Waals surface area contributed by atoms with Crippen LogP contribution in [-0.4, -0.2) is 29.9 Å². The van der Waals surface area contributed by atoms with Crippen LogP contribution in [0.15, 0.2) is 18.2 Å². The van der Waals surface area contributed by atoms with Crippen LogP contribution in [0.25, 0.3) is 0 Å². The van der Waals surface area contributed by atoms with E-state index in [1.807, 2.05) is 13.8 Å². The van der Waals surface area contributed by atoms with Gasteiger partial charge in [0.15, 0.2) is 11.5 Å². The second-order valence-corrected chi connectivity index (χ2v) is 5.89. The molecule has 2 rings (SSSR count). The lowest BCUT2D eigenvalue weighted by Gasteiger charge is -2.10. The maximum Gasteiger partial charge on any atom is 0.278 e. The first-order valence-electron chi connectivity index (χ1n) is 8.35. The highest BCUT2D eigenvalue weighted by atomic mass is 16.5. The number of methoxy groups -OCH3 is 2. The van der Waals surface area contributed by atoms with Crippen LogP contribution in [0.2, 0.25) is 0 Å². The first-order chi connectivity index (χ1) is 11.5. The van der Waals surface area contributed by atoms with Crippen molar-refractivity contribution in [2.75, 3.05) is 14.2 Å². The number of aryl methyl sites for hydroxylation is 1. The van der Waals surface area contributed by atoms with Gasteiger partial charge in [0.25, 0.3) is 5.91 Å². The minimum Gasteiger partial charge on any atom is -0.493 e. The Kier molecular flexibility index (Phi) is 6.01. The highest BCUT2D eigenvalue weighted by Gasteiger charge is 2.19. The van der Waals surface area contributed by atoms with E-state index in [0.29, 0.717) is 17.1 Å². The number of aromatic nitrogens is 2. The number of carbonyl (C=O) groups excluding carboxylic acids is 1. The summed E-state index contributed by atoms with van der Waals surface area (Å²) in [4.78, 5) is 12.8. The van der Waals surface area contributed by atoms with E-state index in [1.165, 1.54) is 23.1 Å². The van der Waals surface area contributed by atoms with Gasteiger partial charge in [-0.05, 0) is 50.5 Å². The van der Waals surface area contributed by atoms with Crippen molar-refractivity contribution in [3.63, 3.8) is 0 Å². The molecule has 0 spiro atoms. The molecule has 1 heterocycles. The van der Waals surface area contributed by atoms with Crippen LogP contribution in [0.3, 0.4) is 0 Å². The molecule has 0 atom stereocenters. The number of carbonyl (C=O) groups is 1. The monoisotopic (exact) mass is 330 g/mol. The Bertz CT molecular complexity index is 720. The second kappa shape index (κ2) is 7.99. The van der Waals surface area contributed by atoms with Gasteiger partial charge in [-0.2, -0.15) is 5.10 Å². The molecule has 0 radical (unpaired) electrons. The van der Waals surface area contributed by atoms with Gasteiger partial charge in [0.1, 0.15) is 0 Å². The molecule has 0 aliphatic carbocycles. The van der Waals surface area contributed by atoms with Crippen molar-refractivity contribution in [2.24, 2.45) is 0 Å². The average molecular weight is 330 g/mol. The van der Waals surface area contributed by atoms with Gasteiger partial charge in [-0.15, -0.1) is 0 Å². The molecule has 0 unspecified atom stereocenters. The van der Waals surface area contributed by atoms with Gasteiger partial charge >= 0.3 is 0 Å². The molecule has 0 N–H and O–H groups in total. The Morgan fingerprint density at radius 2 is 1.83 bits per heavy atom. The third kappa shape index (κ3) is 3.61. The normalized spacial score (nSPS) is 10.7. The molecule has 0 saturated heterocycles. The topological polar surface area (TPSA) is 53.4 Å². The van der Waals surface area contributed by atoms with E-state index in [2.05, 4.69) is 12.0 Å². The van der Waals surface area contributed by atoms with Gasteiger partial charge in [0.05, 0.1) is 19.9 Å². The Labute approximate surface area is 143 Å². The number of hydrogen-bond donors (Lipinski definition) is 0. The number of benzene rings is 1. The number of hydrogen-bond acceptors (Lipinski definition) is 4. The van der Waals surface area contributed by atoms with Crippen LogP contribution >= 0.6 is 0 Å². The fraction of sp³-hybridized carbons (Fsp3) is 0.474. The molecule has 5 nitrogen and oxygen atoms in total. The van der Waals surface area contributed by atoms with Crippen molar-refractivity contribution < 1.29 is 14.3 Å². The minimum absolute atomic E-state index is 0.154. The van der Waals surface area contributed by atoms with Gasteiger partial charge in [-0.1, -0.05) is 19.8 Å². The summed E-state index contributed by atoms with van der Waals surface area (Å²) in [7, 11) is 3.13. The third-order valence-corrected chi connectivity index (χ3v) is 4.29. The molecule has 0 saturated carbocycles. The van der Waals surface area contributed by atoms with Gasteiger partial charge in [0.2, 0.25) is 0 Å². The van der Waals surface area contributed by atoms with Crippen molar-refractivity contribution in [1.29, 1.82) is 0 Å². The molecule has 1 aromatic carbocycles. The molecular weight excluding hydrogens is 304 g/mol. The standard InChI is InChI=1S/C19H26N2O3/c1-6-7-8-9-16-13(2)20-21(14(16)3)19(22)15-10-11-17(23-4)18(12-15)24-5/h10-12H,6-9H2,1-5H3. The Balaban J connectivity index is 2.31. The summed E-state index contributed by atoms with van der Waals surface area (Å²) < 4.78 is 12.0. The van der Waals surface area contributed by atoms with E-state index in [1.54, 1.807) is 32.4 Å². The predicted molar refractivity (Wildman–Crippen MR) is 94.2 cm³/mol. The second-order valence-electron chi connectivity index (χ2n) is 5.89. The Morgan fingerprint density at radius 1 is 1.12 bits per heavy atom. The SMILES string of the molecule is CCCCCc1c(C)nn(C(=O)c2ccc(OC)c(OC)c2)c1C. The number of unbranched alkanes of at least 4 members (excludes halogenated alkanes) is 2. The van der Waals surface area contributed by atoms with E-state index in [9.17, 15) is 4.79 Å². The molecule has 2 aromatic rings. The van der Waals surface area contributed by atoms with Crippen LogP contribution in [0.4, 0.5) is 0 Å². The van der Waals surface area contributed by atoms with Gasteiger partial charge < -0.3 is 9.47 Å². The van der Waals surface area contributed by atoms with Crippen molar-refractivity contribution in [3.8, 4) is 11.5 Å². The maximum absolute atomic E-state index is 12.8. The molecule has 0 fully saturated rings. The molecule has 0 aliphatic rings. The largest absolute Gasteiger partial charge is 0.493 e. The highest BCUT2D eigenvalue weighted by Crippen LogP contribution is 2.28. The molecule has 130 valence electrons. The summed E-state index contributed by atoms with van der Waals surface area (Å²) in [6, 6.07) is 5.16. The van der Waals surface area contributed by atoms with Gasteiger partial charge in [-0.3, -0.25) is 4.79 Å². The van der Waals surface area contributed by atoms with Crippen molar-refractivity contribution in [1.82, 2.24) is 9.78 Å². The lowest BCUT2D eigenvalue weighted by atomic mass is 10.1. The van der Waals surface area contributed by atoms with E-state index in [-0.39, 0.29) is 5.91 Å². The van der Waals surface area contributed by atoms with Crippen molar-refractivity contribution >= 4 is 5.91 Å².